The summed E-state index contributed by atoms with van der Waals surface area (Å²) in [5.41, 5.74) is 6.07. The molecule has 9 nitrogen and oxygen atoms in total. The van der Waals surface area contributed by atoms with Crippen molar-refractivity contribution < 1.29 is 33.3 Å². The number of ketones is 1. The van der Waals surface area contributed by atoms with E-state index in [1.165, 1.54) is 14.0 Å². The molecule has 0 aliphatic carbocycles. The highest BCUT2D eigenvalue weighted by molar-refractivity contribution is 6.01. The zero-order valence-corrected chi connectivity index (χ0v) is 16.6. The minimum atomic E-state index is -1.14. The Kier molecular flexibility index (Phi) is 6.85. The average molecular weight is 394 g/mol. The summed E-state index contributed by atoms with van der Waals surface area (Å²) in [7, 11) is 1.42. The van der Waals surface area contributed by atoms with Crippen LogP contribution in [0.15, 0.2) is 18.2 Å². The fourth-order valence-corrected chi connectivity index (χ4v) is 2.39. The maximum atomic E-state index is 12.7. The van der Waals surface area contributed by atoms with E-state index in [9.17, 15) is 14.4 Å². The summed E-state index contributed by atoms with van der Waals surface area (Å²) in [6.45, 7) is 6.63. The molecule has 2 rings (SSSR count). The van der Waals surface area contributed by atoms with Crippen LogP contribution in [0, 0.1) is 5.92 Å². The molecule has 1 amide bonds. The van der Waals surface area contributed by atoms with Crippen LogP contribution in [0.1, 0.15) is 38.1 Å². The van der Waals surface area contributed by atoms with Crippen LogP contribution >= 0.6 is 0 Å². The number of rotatable bonds is 7. The minimum Gasteiger partial charge on any atom is -0.454 e. The number of likely N-dealkylation sites (N-methyl/N-ethyl adjacent to an activating group) is 1. The molecule has 0 bridgehead atoms. The molecular weight excluding hydrogens is 368 g/mol. The molecule has 1 aliphatic rings. The van der Waals surface area contributed by atoms with Gasteiger partial charge in [-0.1, -0.05) is 13.8 Å². The zero-order valence-electron chi connectivity index (χ0n) is 16.6. The van der Waals surface area contributed by atoms with Gasteiger partial charge in [-0.15, -0.1) is 0 Å². The molecule has 0 fully saturated rings. The van der Waals surface area contributed by atoms with Gasteiger partial charge in [0.15, 0.2) is 17.3 Å². The Balaban J connectivity index is 1.94. The van der Waals surface area contributed by atoms with Crippen LogP contribution in [0.3, 0.4) is 0 Å². The molecule has 9 heteroatoms. The van der Waals surface area contributed by atoms with Crippen LogP contribution < -0.4 is 15.2 Å². The molecular formula is C19H26N2O7. The fraction of sp³-hybridized carbons (Fsp3) is 0.526. The summed E-state index contributed by atoms with van der Waals surface area (Å²) >= 11 is 0. The molecule has 2 N–H and O–H groups in total. The molecule has 1 aromatic rings. The van der Waals surface area contributed by atoms with E-state index in [0.717, 1.165) is 4.90 Å². The van der Waals surface area contributed by atoms with E-state index in [0.29, 0.717) is 17.1 Å². The first-order valence-corrected chi connectivity index (χ1v) is 8.95. The first-order valence-electron chi connectivity index (χ1n) is 8.95. The third kappa shape index (κ3) is 4.92. The number of carbonyl (C=O) groups excluding carboxylic acids is 3. The number of nitrogens with zero attached hydrogens (tertiary/aromatic N) is 1. The van der Waals surface area contributed by atoms with Crippen molar-refractivity contribution in [2.75, 3.05) is 13.8 Å². The highest BCUT2D eigenvalue weighted by Crippen LogP contribution is 2.33. The third-order valence-corrected chi connectivity index (χ3v) is 4.44. The van der Waals surface area contributed by atoms with Crippen molar-refractivity contribution in [3.8, 4) is 11.5 Å². The molecule has 1 heterocycles. The number of ether oxygens (including phenoxy) is 4. The summed E-state index contributed by atoms with van der Waals surface area (Å²) in [4.78, 5) is 37.9. The topological polar surface area (TPSA) is 117 Å². The molecule has 0 saturated heterocycles. The van der Waals surface area contributed by atoms with Crippen LogP contribution in [0.5, 0.6) is 11.5 Å². The van der Waals surface area contributed by atoms with Crippen LogP contribution in [0.4, 0.5) is 4.79 Å². The van der Waals surface area contributed by atoms with E-state index in [2.05, 4.69) is 0 Å². The SMILES string of the molecule is CC(OC(=O)[C@@H](N)C(C)C)OC(=O)N(C)C(C)C(=O)c1ccc2c(c1)OCO2. The molecule has 2 unspecified atom stereocenters. The lowest BCUT2D eigenvalue weighted by Gasteiger charge is -2.25. The molecule has 1 aromatic carbocycles. The largest absolute Gasteiger partial charge is 0.454 e. The van der Waals surface area contributed by atoms with Gasteiger partial charge in [-0.2, -0.15) is 0 Å². The Labute approximate surface area is 163 Å². The number of benzene rings is 1. The van der Waals surface area contributed by atoms with Gasteiger partial charge in [-0.25, -0.2) is 4.79 Å². The van der Waals surface area contributed by atoms with E-state index in [-0.39, 0.29) is 18.5 Å². The Morgan fingerprint density at radius 3 is 2.36 bits per heavy atom. The van der Waals surface area contributed by atoms with Crippen LogP contribution in [0.2, 0.25) is 0 Å². The molecule has 0 radical (unpaired) electrons. The van der Waals surface area contributed by atoms with Gasteiger partial charge in [0, 0.05) is 19.5 Å². The van der Waals surface area contributed by atoms with Gasteiger partial charge in [0.1, 0.15) is 6.04 Å². The third-order valence-electron chi connectivity index (χ3n) is 4.44. The van der Waals surface area contributed by atoms with Crippen molar-refractivity contribution in [3.63, 3.8) is 0 Å². The van der Waals surface area contributed by atoms with Gasteiger partial charge < -0.3 is 29.6 Å². The van der Waals surface area contributed by atoms with Gasteiger partial charge in [0.05, 0.1) is 6.04 Å². The first kappa shape index (κ1) is 21.5. The van der Waals surface area contributed by atoms with Crippen molar-refractivity contribution in [2.24, 2.45) is 11.7 Å². The standard InChI is InChI=1S/C19H26N2O7/c1-10(2)16(20)18(23)27-12(4)28-19(24)21(5)11(3)17(22)13-6-7-14-15(8-13)26-9-25-14/h6-8,10-12,16H,9,20H2,1-5H3/t11?,12?,16-/m0/s1. The van der Waals surface area contributed by atoms with Crippen molar-refractivity contribution in [3.05, 3.63) is 23.8 Å². The fourth-order valence-electron chi connectivity index (χ4n) is 2.39. The second kappa shape index (κ2) is 8.92. The van der Waals surface area contributed by atoms with Gasteiger partial charge in [-0.05, 0) is 31.0 Å². The minimum absolute atomic E-state index is 0.103. The summed E-state index contributed by atoms with van der Waals surface area (Å²) in [6.07, 6.45) is -1.94. The van der Waals surface area contributed by atoms with Crippen LogP contribution in [-0.4, -0.2) is 55.0 Å². The average Bonchev–Trinajstić information content (AvgIpc) is 3.12. The number of nitrogens with two attached hydrogens (primary N) is 1. The Morgan fingerprint density at radius 2 is 1.71 bits per heavy atom. The van der Waals surface area contributed by atoms with E-state index in [1.54, 1.807) is 39.0 Å². The van der Waals surface area contributed by atoms with Gasteiger partial charge in [0.25, 0.3) is 0 Å². The molecule has 0 aromatic heterocycles. The maximum absolute atomic E-state index is 12.7. The highest BCUT2D eigenvalue weighted by Gasteiger charge is 2.28. The van der Waals surface area contributed by atoms with E-state index < -0.39 is 30.4 Å². The van der Waals surface area contributed by atoms with Crippen molar-refractivity contribution in [1.29, 1.82) is 0 Å². The number of fused-ring (bicyclic) bond motifs is 1. The van der Waals surface area contributed by atoms with Gasteiger partial charge in [-0.3, -0.25) is 9.59 Å². The second-order valence-electron chi connectivity index (χ2n) is 6.88. The molecule has 154 valence electrons. The number of hydrogen-bond acceptors (Lipinski definition) is 8. The van der Waals surface area contributed by atoms with Crippen molar-refractivity contribution >= 4 is 17.8 Å². The Bertz CT molecular complexity index is 750. The lowest BCUT2D eigenvalue weighted by molar-refractivity contribution is -0.168. The summed E-state index contributed by atoms with van der Waals surface area (Å²) in [5.74, 6) is -0.0402. The predicted molar refractivity (Wildman–Crippen MR) is 99.0 cm³/mol. The van der Waals surface area contributed by atoms with Crippen LogP contribution in [0.25, 0.3) is 0 Å². The number of esters is 1. The summed E-state index contributed by atoms with van der Waals surface area (Å²) in [5, 5.41) is 0. The smallest absolute Gasteiger partial charge is 0.413 e. The molecule has 1 aliphatic heterocycles. The molecule has 28 heavy (non-hydrogen) atoms. The lowest BCUT2D eigenvalue weighted by Crippen LogP contribution is -2.43. The Hall–Kier alpha value is -2.81. The normalized spacial score (nSPS) is 15.5. The van der Waals surface area contributed by atoms with Crippen molar-refractivity contribution in [2.45, 2.75) is 46.1 Å². The monoisotopic (exact) mass is 394 g/mol. The summed E-state index contributed by atoms with van der Waals surface area (Å²) < 4.78 is 20.6. The lowest BCUT2D eigenvalue weighted by atomic mass is 10.0. The number of hydrogen-bond donors (Lipinski definition) is 1. The molecule has 0 saturated carbocycles. The number of Topliss-reactive ketones (excluding diaryl/α,β-unsaturated/α-hetero) is 1. The molecule has 3 atom stereocenters. The Morgan fingerprint density at radius 1 is 1.07 bits per heavy atom. The van der Waals surface area contributed by atoms with Gasteiger partial charge in [0.2, 0.25) is 13.1 Å². The number of amides is 1. The van der Waals surface area contributed by atoms with Gasteiger partial charge >= 0.3 is 12.1 Å². The predicted octanol–water partition coefficient (Wildman–Crippen LogP) is 1.93. The zero-order chi connectivity index (χ0) is 21.0. The first-order chi connectivity index (χ1) is 13.1. The number of carbonyl (C=O) groups is 3. The second-order valence-corrected chi connectivity index (χ2v) is 6.88. The maximum Gasteiger partial charge on any atom is 0.413 e. The van der Waals surface area contributed by atoms with Crippen molar-refractivity contribution in [1.82, 2.24) is 4.90 Å². The van der Waals surface area contributed by atoms with E-state index in [4.69, 9.17) is 24.7 Å². The van der Waals surface area contributed by atoms with E-state index >= 15 is 0 Å². The molecule has 0 spiro atoms. The van der Waals surface area contributed by atoms with E-state index in [1.807, 2.05) is 0 Å². The summed E-state index contributed by atoms with van der Waals surface area (Å²) in [6, 6.07) is 3.18. The van der Waals surface area contributed by atoms with Crippen LogP contribution in [-0.2, 0) is 14.3 Å². The highest BCUT2D eigenvalue weighted by atomic mass is 16.7. The quantitative estimate of drug-likeness (QED) is 0.423.